The Kier molecular flexibility index (Phi) is 4.50. The van der Waals surface area contributed by atoms with Crippen molar-refractivity contribution in [2.24, 2.45) is 5.92 Å². The highest BCUT2D eigenvalue weighted by Gasteiger charge is 2.50. The Hall–Kier alpha value is -1.72. The van der Waals surface area contributed by atoms with Crippen LogP contribution in [0.1, 0.15) is 40.0 Å². The van der Waals surface area contributed by atoms with Crippen molar-refractivity contribution >= 4 is 11.6 Å². The molecule has 1 amide bonds. The highest BCUT2D eigenvalue weighted by Crippen LogP contribution is 2.45. The van der Waals surface area contributed by atoms with Gasteiger partial charge < -0.3 is 9.80 Å². The van der Waals surface area contributed by atoms with Gasteiger partial charge in [-0.1, -0.05) is 13.0 Å². The van der Waals surface area contributed by atoms with E-state index < -0.39 is 18.3 Å². The minimum absolute atomic E-state index is 0.114. The number of hydrogen-bond acceptors (Lipinski definition) is 2. The van der Waals surface area contributed by atoms with Gasteiger partial charge in [0.25, 0.3) is 5.91 Å². The molecule has 138 valence electrons. The van der Waals surface area contributed by atoms with Crippen molar-refractivity contribution in [3.05, 3.63) is 30.1 Å². The van der Waals surface area contributed by atoms with Crippen molar-refractivity contribution in [3.63, 3.8) is 0 Å². The molecule has 1 aromatic carbocycles. The first-order chi connectivity index (χ1) is 11.7. The Morgan fingerprint density at radius 1 is 1.36 bits per heavy atom. The number of alkyl halides is 2. The number of anilines is 1. The van der Waals surface area contributed by atoms with Gasteiger partial charge in [-0.3, -0.25) is 4.79 Å². The molecule has 0 bridgehead atoms. The summed E-state index contributed by atoms with van der Waals surface area (Å²) in [6.07, 6.45) is 0.934. The summed E-state index contributed by atoms with van der Waals surface area (Å²) in [5.74, 6) is -4.52. The van der Waals surface area contributed by atoms with Gasteiger partial charge >= 0.3 is 5.92 Å². The number of hydrogen-bond donors (Lipinski definition) is 0. The number of rotatable bonds is 3. The van der Waals surface area contributed by atoms with Gasteiger partial charge in [0.05, 0.1) is 0 Å². The Morgan fingerprint density at radius 2 is 2.08 bits per heavy atom. The second-order valence-electron chi connectivity index (χ2n) is 7.79. The zero-order chi connectivity index (χ0) is 18.4. The van der Waals surface area contributed by atoms with Crippen molar-refractivity contribution < 1.29 is 18.0 Å². The van der Waals surface area contributed by atoms with E-state index in [2.05, 4.69) is 18.7 Å². The van der Waals surface area contributed by atoms with Crippen LogP contribution in [0.5, 0.6) is 0 Å². The van der Waals surface area contributed by atoms with Gasteiger partial charge in [-0.05, 0) is 50.8 Å². The zero-order valence-electron chi connectivity index (χ0n) is 14.9. The standard InChI is InChI=1S/C19H25F3N2O/c1-4-19(21,22)17(25)23-9-8-16-13(12-23)11-18(2,3)24(16)15-7-5-6-14(20)10-15/h5-7,10,13,16H,4,8-9,11-12H2,1-3H3/t13-,16+/m1/s1. The third kappa shape index (κ3) is 3.23. The SMILES string of the molecule is CCC(F)(F)C(=O)N1CC[C@H]2[C@@H](C1)CC(C)(C)N2c1cccc(F)c1. The predicted octanol–water partition coefficient (Wildman–Crippen LogP) is 4.08. The van der Waals surface area contributed by atoms with Crippen molar-refractivity contribution in [2.75, 3.05) is 18.0 Å². The maximum absolute atomic E-state index is 13.8. The molecule has 0 saturated carbocycles. The molecule has 0 radical (unpaired) electrons. The second kappa shape index (κ2) is 6.22. The zero-order valence-corrected chi connectivity index (χ0v) is 14.9. The summed E-state index contributed by atoms with van der Waals surface area (Å²) in [5.41, 5.74) is 0.603. The second-order valence-corrected chi connectivity index (χ2v) is 7.79. The molecule has 2 aliphatic heterocycles. The number of fused-ring (bicyclic) bond motifs is 1. The van der Waals surface area contributed by atoms with Crippen molar-refractivity contribution in [2.45, 2.75) is 57.5 Å². The molecule has 0 spiro atoms. The quantitative estimate of drug-likeness (QED) is 0.817. The molecule has 3 nitrogen and oxygen atoms in total. The number of nitrogens with zero attached hydrogens (tertiary/aromatic N) is 2. The van der Waals surface area contributed by atoms with E-state index in [0.717, 1.165) is 12.1 Å². The van der Waals surface area contributed by atoms with E-state index in [-0.39, 0.29) is 23.3 Å². The van der Waals surface area contributed by atoms with Crippen molar-refractivity contribution in [1.82, 2.24) is 4.90 Å². The minimum Gasteiger partial charge on any atom is -0.363 e. The molecule has 2 saturated heterocycles. The van der Waals surface area contributed by atoms with Crippen LogP contribution >= 0.6 is 0 Å². The summed E-state index contributed by atoms with van der Waals surface area (Å²) in [4.78, 5) is 15.6. The van der Waals surface area contributed by atoms with Crippen LogP contribution in [0.15, 0.2) is 24.3 Å². The number of piperidine rings is 1. The molecule has 1 aromatic rings. The molecule has 2 aliphatic rings. The van der Waals surface area contributed by atoms with Gasteiger partial charge in [0.2, 0.25) is 0 Å². The van der Waals surface area contributed by atoms with Crippen LogP contribution in [0, 0.1) is 11.7 Å². The van der Waals surface area contributed by atoms with Crippen LogP contribution in [0.4, 0.5) is 18.9 Å². The Bertz CT molecular complexity index is 662. The summed E-state index contributed by atoms with van der Waals surface area (Å²) in [7, 11) is 0. The molecule has 2 atom stereocenters. The summed E-state index contributed by atoms with van der Waals surface area (Å²) in [6.45, 7) is 6.16. The van der Waals surface area contributed by atoms with E-state index >= 15 is 0 Å². The van der Waals surface area contributed by atoms with Gasteiger partial charge in [-0.25, -0.2) is 4.39 Å². The van der Waals surface area contributed by atoms with E-state index in [1.807, 2.05) is 6.07 Å². The fourth-order valence-corrected chi connectivity index (χ4v) is 4.48. The first kappa shape index (κ1) is 18.1. The number of halogens is 3. The maximum Gasteiger partial charge on any atom is 0.324 e. The van der Waals surface area contributed by atoms with Crippen LogP contribution < -0.4 is 4.90 Å². The number of carbonyl (C=O) groups is 1. The van der Waals surface area contributed by atoms with Crippen molar-refractivity contribution in [1.29, 1.82) is 0 Å². The van der Waals surface area contributed by atoms with Gasteiger partial charge in [-0.15, -0.1) is 0 Å². The van der Waals surface area contributed by atoms with Gasteiger partial charge in [0.15, 0.2) is 0 Å². The van der Waals surface area contributed by atoms with E-state index in [1.54, 1.807) is 6.07 Å². The van der Waals surface area contributed by atoms with Crippen molar-refractivity contribution in [3.8, 4) is 0 Å². The lowest BCUT2D eigenvalue weighted by atomic mass is 9.89. The fourth-order valence-electron chi connectivity index (χ4n) is 4.48. The lowest BCUT2D eigenvalue weighted by Crippen LogP contribution is -2.53. The largest absolute Gasteiger partial charge is 0.363 e. The monoisotopic (exact) mass is 354 g/mol. The van der Waals surface area contributed by atoms with E-state index in [9.17, 15) is 18.0 Å². The summed E-state index contributed by atoms with van der Waals surface area (Å²) in [5, 5.41) is 0. The normalized spacial score (nSPS) is 25.8. The smallest absolute Gasteiger partial charge is 0.324 e. The molecule has 0 N–H and O–H groups in total. The van der Waals surface area contributed by atoms with Crippen LogP contribution in [-0.2, 0) is 4.79 Å². The molecule has 25 heavy (non-hydrogen) atoms. The minimum atomic E-state index is -3.29. The third-order valence-corrected chi connectivity index (χ3v) is 5.57. The molecule has 0 unspecified atom stereocenters. The molecule has 3 rings (SSSR count). The molecule has 2 fully saturated rings. The van der Waals surface area contributed by atoms with E-state index in [1.165, 1.54) is 24.0 Å². The highest BCUT2D eigenvalue weighted by atomic mass is 19.3. The lowest BCUT2D eigenvalue weighted by molar-refractivity contribution is -0.159. The highest BCUT2D eigenvalue weighted by molar-refractivity contribution is 5.83. The third-order valence-electron chi connectivity index (χ3n) is 5.57. The lowest BCUT2D eigenvalue weighted by Gasteiger charge is -2.42. The average Bonchev–Trinajstić information content (AvgIpc) is 2.82. The first-order valence-electron chi connectivity index (χ1n) is 8.88. The van der Waals surface area contributed by atoms with E-state index in [4.69, 9.17) is 0 Å². The Balaban J connectivity index is 1.82. The number of likely N-dealkylation sites (tertiary alicyclic amines) is 1. The van der Waals surface area contributed by atoms with Crippen LogP contribution in [0.25, 0.3) is 0 Å². The molecule has 0 aromatic heterocycles. The Labute approximate surface area is 146 Å². The first-order valence-corrected chi connectivity index (χ1v) is 8.88. The molecule has 0 aliphatic carbocycles. The number of benzene rings is 1. The molecular formula is C19H25F3N2O. The molecule has 6 heteroatoms. The molecular weight excluding hydrogens is 329 g/mol. The fraction of sp³-hybridized carbons (Fsp3) is 0.632. The van der Waals surface area contributed by atoms with Gasteiger partial charge in [-0.2, -0.15) is 8.78 Å². The number of amides is 1. The molecule has 2 heterocycles. The van der Waals surface area contributed by atoms with Crippen LogP contribution in [0.2, 0.25) is 0 Å². The summed E-state index contributed by atoms with van der Waals surface area (Å²) < 4.78 is 41.2. The van der Waals surface area contributed by atoms with Gasteiger partial charge in [0.1, 0.15) is 5.82 Å². The number of carbonyl (C=O) groups excluding carboxylic acids is 1. The average molecular weight is 354 g/mol. The summed E-state index contributed by atoms with van der Waals surface area (Å²) >= 11 is 0. The van der Waals surface area contributed by atoms with Gasteiger partial charge in [0, 0.05) is 36.8 Å². The Morgan fingerprint density at radius 3 is 2.72 bits per heavy atom. The van der Waals surface area contributed by atoms with Crippen LogP contribution in [0.3, 0.4) is 0 Å². The predicted molar refractivity (Wildman–Crippen MR) is 91.3 cm³/mol. The topological polar surface area (TPSA) is 23.6 Å². The summed E-state index contributed by atoms with van der Waals surface area (Å²) in [6, 6.07) is 6.64. The van der Waals surface area contributed by atoms with E-state index in [0.29, 0.717) is 19.5 Å². The van der Waals surface area contributed by atoms with Crippen LogP contribution in [-0.4, -0.2) is 41.4 Å². The maximum atomic E-state index is 13.8.